The zero-order chi connectivity index (χ0) is 18.9. The highest BCUT2D eigenvalue weighted by atomic mass is 16.5. The molecular weight excluding hydrogens is 336 g/mol. The topological polar surface area (TPSA) is 85.9 Å². The lowest BCUT2D eigenvalue weighted by Crippen LogP contribution is -2.23. The maximum atomic E-state index is 12.2. The van der Waals surface area contributed by atoms with Crippen LogP contribution < -0.4 is 24.8 Å². The van der Waals surface area contributed by atoms with E-state index in [0.717, 1.165) is 0 Å². The molecular formula is C19H22N2O5. The number of amides is 2. The van der Waals surface area contributed by atoms with Crippen LogP contribution in [0, 0.1) is 0 Å². The molecule has 0 saturated heterocycles. The van der Waals surface area contributed by atoms with Gasteiger partial charge in [-0.05, 0) is 37.3 Å². The third-order valence-electron chi connectivity index (χ3n) is 3.48. The molecule has 26 heavy (non-hydrogen) atoms. The molecule has 0 aliphatic rings. The minimum Gasteiger partial charge on any atom is -0.493 e. The smallest absolute Gasteiger partial charge is 0.262 e. The Bertz CT molecular complexity index is 754. The first-order chi connectivity index (χ1) is 12.6. The Morgan fingerprint density at radius 3 is 2.27 bits per heavy atom. The second-order valence-corrected chi connectivity index (χ2v) is 5.27. The van der Waals surface area contributed by atoms with Crippen LogP contribution in [0.2, 0.25) is 0 Å². The van der Waals surface area contributed by atoms with Crippen LogP contribution in [0.15, 0.2) is 42.5 Å². The Balaban J connectivity index is 2.02. The van der Waals surface area contributed by atoms with E-state index in [1.54, 1.807) is 42.5 Å². The number of methoxy groups -OCH3 is 2. The highest BCUT2D eigenvalue weighted by Gasteiger charge is 2.14. The number of carbonyl (C=O) groups is 2. The van der Waals surface area contributed by atoms with Crippen LogP contribution in [-0.4, -0.2) is 39.2 Å². The predicted octanol–water partition coefficient (Wildman–Crippen LogP) is 2.47. The summed E-state index contributed by atoms with van der Waals surface area (Å²) in [6.07, 6.45) is 0. The van der Waals surface area contributed by atoms with Crippen LogP contribution in [-0.2, 0) is 4.79 Å². The average Bonchev–Trinajstić information content (AvgIpc) is 2.66. The number of hydrogen-bond acceptors (Lipinski definition) is 5. The van der Waals surface area contributed by atoms with Gasteiger partial charge in [-0.25, -0.2) is 0 Å². The highest BCUT2D eigenvalue weighted by Crippen LogP contribution is 2.36. The molecule has 7 heteroatoms. The van der Waals surface area contributed by atoms with E-state index in [1.807, 2.05) is 6.92 Å². The van der Waals surface area contributed by atoms with Gasteiger partial charge in [0.25, 0.3) is 11.8 Å². The van der Waals surface area contributed by atoms with Gasteiger partial charge in [0, 0.05) is 17.8 Å². The van der Waals surface area contributed by atoms with Crippen LogP contribution in [0.5, 0.6) is 17.2 Å². The molecule has 2 N–H and O–H groups in total. The Labute approximate surface area is 152 Å². The van der Waals surface area contributed by atoms with Gasteiger partial charge in [0.05, 0.1) is 14.2 Å². The number of hydrogen-bond donors (Lipinski definition) is 2. The molecule has 7 nitrogen and oxygen atoms in total. The lowest BCUT2D eigenvalue weighted by molar-refractivity contribution is -0.118. The van der Waals surface area contributed by atoms with Crippen LogP contribution in [0.4, 0.5) is 5.69 Å². The zero-order valence-electron chi connectivity index (χ0n) is 15.0. The van der Waals surface area contributed by atoms with Crippen LogP contribution >= 0.6 is 0 Å². The first-order valence-electron chi connectivity index (χ1n) is 8.11. The lowest BCUT2D eigenvalue weighted by atomic mass is 10.2. The molecule has 0 radical (unpaired) electrons. The minimum atomic E-state index is -0.369. The molecule has 0 atom stereocenters. The summed E-state index contributed by atoms with van der Waals surface area (Å²) in [5.41, 5.74) is 0.978. The van der Waals surface area contributed by atoms with E-state index in [1.165, 1.54) is 14.2 Å². The van der Waals surface area contributed by atoms with Gasteiger partial charge in [-0.3, -0.25) is 9.59 Å². The summed E-state index contributed by atoms with van der Waals surface area (Å²) < 4.78 is 16.0. The fourth-order valence-corrected chi connectivity index (χ4v) is 2.30. The van der Waals surface area contributed by atoms with Crippen molar-refractivity contribution in [2.75, 3.05) is 32.7 Å². The van der Waals surface area contributed by atoms with Gasteiger partial charge in [-0.15, -0.1) is 0 Å². The van der Waals surface area contributed by atoms with Gasteiger partial charge >= 0.3 is 0 Å². The quantitative estimate of drug-likeness (QED) is 0.757. The minimum absolute atomic E-state index is 0.196. The molecule has 2 amide bonds. The second-order valence-electron chi connectivity index (χ2n) is 5.27. The summed E-state index contributed by atoms with van der Waals surface area (Å²) in [5.74, 6) is 0.721. The molecule has 0 heterocycles. The van der Waals surface area contributed by atoms with Crippen molar-refractivity contribution in [2.24, 2.45) is 0 Å². The Morgan fingerprint density at radius 2 is 1.65 bits per heavy atom. The van der Waals surface area contributed by atoms with Crippen molar-refractivity contribution in [1.29, 1.82) is 0 Å². The summed E-state index contributed by atoms with van der Waals surface area (Å²) in [6.45, 7) is 2.14. The Morgan fingerprint density at radius 1 is 1.00 bits per heavy atom. The molecule has 138 valence electrons. The number of anilines is 1. The molecule has 2 rings (SSSR count). The van der Waals surface area contributed by atoms with Gasteiger partial charge in [0.2, 0.25) is 5.75 Å². The fraction of sp³-hybridized carbons (Fsp3) is 0.263. The van der Waals surface area contributed by atoms with Crippen molar-refractivity contribution >= 4 is 17.5 Å². The monoisotopic (exact) mass is 358 g/mol. The summed E-state index contributed by atoms with van der Waals surface area (Å²) in [4.78, 5) is 24.0. The van der Waals surface area contributed by atoms with Crippen LogP contribution in [0.25, 0.3) is 0 Å². The maximum absolute atomic E-state index is 12.2. The van der Waals surface area contributed by atoms with Gasteiger partial charge in [-0.2, -0.15) is 0 Å². The SMILES string of the molecule is CCNC(=O)c1cccc(NC(=O)COc2c(OC)cccc2OC)c1. The molecule has 0 unspecified atom stereocenters. The highest BCUT2D eigenvalue weighted by molar-refractivity contribution is 5.97. The summed E-state index contributed by atoms with van der Waals surface area (Å²) in [6, 6.07) is 11.9. The van der Waals surface area contributed by atoms with Gasteiger partial charge in [0.1, 0.15) is 0 Å². The number of rotatable bonds is 8. The van der Waals surface area contributed by atoms with Crippen molar-refractivity contribution in [1.82, 2.24) is 5.32 Å². The first-order valence-corrected chi connectivity index (χ1v) is 8.11. The zero-order valence-corrected chi connectivity index (χ0v) is 15.0. The van der Waals surface area contributed by atoms with Crippen molar-refractivity contribution in [3.05, 3.63) is 48.0 Å². The number of ether oxygens (including phenoxy) is 3. The molecule has 0 saturated carbocycles. The molecule has 0 aliphatic carbocycles. The van der Waals surface area contributed by atoms with E-state index >= 15 is 0 Å². The van der Waals surface area contributed by atoms with Gasteiger partial charge < -0.3 is 24.8 Å². The first kappa shape index (κ1) is 19.1. The normalized spacial score (nSPS) is 9.96. The summed E-state index contributed by atoms with van der Waals surface area (Å²) in [5, 5.41) is 5.41. The molecule has 0 fully saturated rings. The van der Waals surface area contributed by atoms with Crippen molar-refractivity contribution in [3.63, 3.8) is 0 Å². The maximum Gasteiger partial charge on any atom is 0.262 e. The number of nitrogens with one attached hydrogen (secondary N) is 2. The van der Waals surface area contributed by atoms with Crippen molar-refractivity contribution < 1.29 is 23.8 Å². The van der Waals surface area contributed by atoms with Gasteiger partial charge in [-0.1, -0.05) is 12.1 Å². The standard InChI is InChI=1S/C19H22N2O5/c1-4-20-19(23)13-7-5-8-14(11-13)21-17(22)12-26-18-15(24-2)9-6-10-16(18)25-3/h5-11H,4,12H2,1-3H3,(H,20,23)(H,21,22). The van der Waals surface area contributed by atoms with E-state index in [0.29, 0.717) is 35.0 Å². The largest absolute Gasteiger partial charge is 0.493 e. The second kappa shape index (κ2) is 9.31. The van der Waals surface area contributed by atoms with Crippen LogP contribution in [0.3, 0.4) is 0 Å². The van der Waals surface area contributed by atoms with E-state index in [9.17, 15) is 9.59 Å². The molecule has 0 aromatic heterocycles. The van der Waals surface area contributed by atoms with E-state index in [4.69, 9.17) is 14.2 Å². The molecule has 0 bridgehead atoms. The molecule has 0 aliphatic heterocycles. The summed E-state index contributed by atoms with van der Waals surface area (Å²) >= 11 is 0. The lowest BCUT2D eigenvalue weighted by Gasteiger charge is -2.14. The Hall–Kier alpha value is -3.22. The number of para-hydroxylation sites is 1. The third kappa shape index (κ3) is 4.89. The van der Waals surface area contributed by atoms with Crippen LogP contribution in [0.1, 0.15) is 17.3 Å². The molecule has 2 aromatic rings. The summed E-state index contributed by atoms with van der Waals surface area (Å²) in [7, 11) is 3.02. The molecule has 2 aromatic carbocycles. The predicted molar refractivity (Wildman–Crippen MR) is 98.1 cm³/mol. The van der Waals surface area contributed by atoms with Gasteiger partial charge in [0.15, 0.2) is 18.1 Å². The fourth-order valence-electron chi connectivity index (χ4n) is 2.30. The number of benzene rings is 2. The van der Waals surface area contributed by atoms with E-state index in [-0.39, 0.29) is 18.4 Å². The van der Waals surface area contributed by atoms with E-state index < -0.39 is 0 Å². The Kier molecular flexibility index (Phi) is 6.84. The average molecular weight is 358 g/mol. The van der Waals surface area contributed by atoms with Crippen molar-refractivity contribution in [3.8, 4) is 17.2 Å². The third-order valence-corrected chi connectivity index (χ3v) is 3.48. The molecule has 0 spiro atoms. The van der Waals surface area contributed by atoms with E-state index in [2.05, 4.69) is 10.6 Å². The number of carbonyl (C=O) groups excluding carboxylic acids is 2. The van der Waals surface area contributed by atoms with Crippen molar-refractivity contribution in [2.45, 2.75) is 6.92 Å².